The van der Waals surface area contributed by atoms with Crippen LogP contribution in [0.5, 0.6) is 0 Å². The summed E-state index contributed by atoms with van der Waals surface area (Å²) in [7, 11) is 0. The number of thiazole rings is 1. The van der Waals surface area contributed by atoms with Gasteiger partial charge in [0.15, 0.2) is 10.8 Å². The number of aromatic nitrogens is 1. The van der Waals surface area contributed by atoms with Crippen molar-refractivity contribution in [3.63, 3.8) is 0 Å². The number of benzene rings is 1. The van der Waals surface area contributed by atoms with Crippen molar-refractivity contribution in [3.8, 4) is 0 Å². The van der Waals surface area contributed by atoms with E-state index in [9.17, 15) is 22.8 Å². The highest BCUT2D eigenvalue weighted by Gasteiger charge is 2.40. The molecule has 0 aliphatic carbocycles. The number of nitrogens with one attached hydrogen (secondary N) is 2. The van der Waals surface area contributed by atoms with Crippen LogP contribution in [0, 0.1) is 6.92 Å². The zero-order valence-electron chi connectivity index (χ0n) is 13.6. The Bertz CT molecular complexity index is 806. The number of ketones is 1. The molecule has 2 rings (SSSR count). The maximum Gasteiger partial charge on any atom is 0.435 e. The van der Waals surface area contributed by atoms with E-state index < -0.39 is 34.0 Å². The van der Waals surface area contributed by atoms with Gasteiger partial charge in [-0.1, -0.05) is 55.0 Å². The Morgan fingerprint density at radius 2 is 1.72 bits per heavy atom. The van der Waals surface area contributed by atoms with E-state index in [1.807, 2.05) is 0 Å². The van der Waals surface area contributed by atoms with E-state index in [1.54, 1.807) is 19.1 Å². The highest BCUT2D eigenvalue weighted by atomic mass is 32.1. The molecule has 1 aromatic heterocycles. The molecule has 0 atom stereocenters. The predicted molar refractivity (Wildman–Crippen MR) is 88.8 cm³/mol. The lowest BCUT2D eigenvalue weighted by molar-refractivity contribution is -0.141. The summed E-state index contributed by atoms with van der Waals surface area (Å²) in [5.74, 6) is -1.64. The monoisotopic (exact) mass is 370 g/mol. The van der Waals surface area contributed by atoms with Crippen molar-refractivity contribution < 1.29 is 22.8 Å². The van der Waals surface area contributed by atoms with Gasteiger partial charge in [-0.3, -0.25) is 9.59 Å². The van der Waals surface area contributed by atoms with Crippen LogP contribution in [-0.2, 0) is 11.0 Å². The van der Waals surface area contributed by atoms with E-state index >= 15 is 0 Å². The van der Waals surface area contributed by atoms with Gasteiger partial charge >= 0.3 is 6.18 Å². The van der Waals surface area contributed by atoms with Gasteiger partial charge in [-0.25, -0.2) is 4.98 Å². The summed E-state index contributed by atoms with van der Waals surface area (Å²) in [5.41, 5.74) is 5.65. The first-order valence-electron chi connectivity index (χ1n) is 7.15. The lowest BCUT2D eigenvalue weighted by atomic mass is 10.1. The first kappa shape index (κ1) is 19.1. The van der Waals surface area contributed by atoms with Crippen LogP contribution in [0.4, 0.5) is 18.3 Å². The van der Waals surface area contributed by atoms with Crippen molar-refractivity contribution in [1.29, 1.82) is 0 Å². The summed E-state index contributed by atoms with van der Waals surface area (Å²) in [6.45, 7) is 4.37. The molecule has 0 unspecified atom stereocenters. The number of halogens is 3. The first-order valence-corrected chi connectivity index (χ1v) is 7.97. The van der Waals surface area contributed by atoms with Crippen LogP contribution in [0.25, 0.3) is 5.73 Å². The molecule has 1 aromatic carbocycles. The third-order valence-corrected chi connectivity index (χ3v) is 4.17. The first-order chi connectivity index (χ1) is 11.4. The number of alkyl halides is 3. The topological polar surface area (TPSA) is 82.9 Å². The normalized spacial score (nSPS) is 12.1. The van der Waals surface area contributed by atoms with Crippen molar-refractivity contribution in [1.82, 2.24) is 4.98 Å². The fourth-order valence-corrected chi connectivity index (χ4v) is 2.75. The number of hydrogen-bond acceptors (Lipinski definition) is 4. The van der Waals surface area contributed by atoms with Crippen LogP contribution in [-0.4, -0.2) is 22.2 Å². The standard InChI is InChI=1S/C16H15F3N3O2S/c1-8-4-6-9(7-5-8)10(23)11-12(16(17,18)19)21-14(25-11)22-13(24)15(2,3)20/h4-7,20H,1-3H3,(H,21,22,24)/q-1. The van der Waals surface area contributed by atoms with Crippen molar-refractivity contribution >= 4 is 28.2 Å². The molecule has 0 spiro atoms. The quantitative estimate of drug-likeness (QED) is 0.806. The van der Waals surface area contributed by atoms with E-state index in [-0.39, 0.29) is 10.7 Å². The van der Waals surface area contributed by atoms with Gasteiger partial charge in [0.2, 0.25) is 11.7 Å². The smallest absolute Gasteiger partial charge is 0.435 e. The van der Waals surface area contributed by atoms with E-state index in [0.29, 0.717) is 11.3 Å². The van der Waals surface area contributed by atoms with Gasteiger partial charge in [0.25, 0.3) is 0 Å². The molecule has 0 saturated heterocycles. The van der Waals surface area contributed by atoms with Crippen LogP contribution < -0.4 is 5.32 Å². The highest BCUT2D eigenvalue weighted by molar-refractivity contribution is 7.18. The fraction of sp³-hybridized carbons (Fsp3) is 0.312. The molecule has 0 fully saturated rings. The van der Waals surface area contributed by atoms with Gasteiger partial charge in [-0.05, 0) is 12.5 Å². The van der Waals surface area contributed by atoms with Crippen LogP contribution in [0.15, 0.2) is 24.3 Å². The minimum absolute atomic E-state index is 0.0958. The van der Waals surface area contributed by atoms with E-state index in [2.05, 4.69) is 10.3 Å². The number of rotatable bonds is 4. The molecule has 1 amide bonds. The molecule has 5 nitrogen and oxygen atoms in total. The molecule has 134 valence electrons. The third kappa shape index (κ3) is 4.43. The summed E-state index contributed by atoms with van der Waals surface area (Å²) < 4.78 is 39.6. The Hall–Kier alpha value is -2.26. The van der Waals surface area contributed by atoms with E-state index in [1.165, 1.54) is 26.0 Å². The molecule has 0 aliphatic heterocycles. The molecular weight excluding hydrogens is 355 g/mol. The second-order valence-electron chi connectivity index (χ2n) is 5.97. The Morgan fingerprint density at radius 1 is 1.16 bits per heavy atom. The van der Waals surface area contributed by atoms with Gasteiger partial charge in [0.05, 0.1) is 0 Å². The fourth-order valence-electron chi connectivity index (χ4n) is 1.81. The SMILES string of the molecule is Cc1ccc(C(=O)c2sc(NC(=O)C(C)(C)[NH-])nc2C(F)(F)F)cc1. The molecule has 0 saturated carbocycles. The van der Waals surface area contributed by atoms with Gasteiger partial charge in [0, 0.05) is 5.56 Å². The maximum atomic E-state index is 13.2. The zero-order valence-corrected chi connectivity index (χ0v) is 14.4. The maximum absolute atomic E-state index is 13.2. The number of nitrogens with zero attached hydrogens (tertiary/aromatic N) is 1. The Balaban J connectivity index is 2.44. The Morgan fingerprint density at radius 3 is 2.20 bits per heavy atom. The predicted octanol–water partition coefficient (Wildman–Crippen LogP) is 4.47. The van der Waals surface area contributed by atoms with Crippen molar-refractivity contribution in [2.24, 2.45) is 0 Å². The molecule has 0 radical (unpaired) electrons. The second-order valence-corrected chi connectivity index (χ2v) is 6.97. The summed E-state index contributed by atoms with van der Waals surface area (Å²) >= 11 is 0.442. The number of carbonyl (C=O) groups excluding carboxylic acids is 2. The van der Waals surface area contributed by atoms with E-state index in [0.717, 1.165) is 5.56 Å². The van der Waals surface area contributed by atoms with Crippen LogP contribution in [0.3, 0.4) is 0 Å². The van der Waals surface area contributed by atoms with Crippen molar-refractivity contribution in [3.05, 3.63) is 51.7 Å². The summed E-state index contributed by atoms with van der Waals surface area (Å²) in [4.78, 5) is 27.0. The van der Waals surface area contributed by atoms with Gasteiger partial charge in [0.1, 0.15) is 4.88 Å². The molecule has 2 aromatic rings. The van der Waals surface area contributed by atoms with Crippen molar-refractivity contribution in [2.75, 3.05) is 5.32 Å². The number of anilines is 1. The molecule has 9 heteroatoms. The third-order valence-electron chi connectivity index (χ3n) is 3.20. The second kappa shape index (κ2) is 6.57. The average Bonchev–Trinajstić information content (AvgIpc) is 2.90. The van der Waals surface area contributed by atoms with Gasteiger partial charge in [-0.2, -0.15) is 13.2 Å². The molecule has 1 heterocycles. The molecular formula is C16H15F3N3O2S-. The summed E-state index contributed by atoms with van der Waals surface area (Å²) in [6.07, 6.45) is -4.84. The number of aryl methyl sites for hydroxylation is 1. The zero-order chi connectivity index (χ0) is 19.0. The minimum atomic E-state index is -4.84. The highest BCUT2D eigenvalue weighted by Crippen LogP contribution is 2.37. The molecule has 25 heavy (non-hydrogen) atoms. The van der Waals surface area contributed by atoms with Gasteiger partial charge in [-0.15, -0.1) is 0 Å². The van der Waals surface area contributed by atoms with E-state index in [4.69, 9.17) is 5.73 Å². The largest absolute Gasteiger partial charge is 0.664 e. The summed E-state index contributed by atoms with van der Waals surface area (Å²) in [5, 5.41) is 1.79. The number of hydrogen-bond donors (Lipinski definition) is 1. The Kier molecular flexibility index (Phi) is 5.01. The molecule has 0 bridgehead atoms. The summed E-state index contributed by atoms with van der Waals surface area (Å²) in [6, 6.07) is 6.10. The molecule has 0 aliphatic rings. The van der Waals surface area contributed by atoms with Crippen molar-refractivity contribution in [2.45, 2.75) is 32.5 Å². The van der Waals surface area contributed by atoms with Crippen LogP contribution in [0.1, 0.15) is 40.3 Å². The lowest BCUT2D eigenvalue weighted by Gasteiger charge is -2.26. The van der Waals surface area contributed by atoms with Crippen LogP contribution in [0.2, 0.25) is 0 Å². The number of carbonyl (C=O) groups is 2. The van der Waals surface area contributed by atoms with Gasteiger partial charge < -0.3 is 11.1 Å². The molecule has 2 N–H and O–H groups in total. The Labute approximate surface area is 146 Å². The minimum Gasteiger partial charge on any atom is -0.664 e. The average molecular weight is 370 g/mol. The number of amides is 1. The van der Waals surface area contributed by atoms with Crippen LogP contribution >= 0.6 is 11.3 Å². The lowest BCUT2D eigenvalue weighted by Crippen LogP contribution is -2.33.